The molecular weight excluding hydrogens is 417 g/mol. The summed E-state index contributed by atoms with van der Waals surface area (Å²) in [5, 5.41) is 2.82. The second-order valence-electron chi connectivity index (χ2n) is 6.69. The molecular formula is C19H20FN3O2S3. The minimum atomic E-state index is -3.55. The van der Waals surface area contributed by atoms with Crippen LogP contribution in [0.4, 0.5) is 10.1 Å². The van der Waals surface area contributed by atoms with Crippen LogP contribution in [0.3, 0.4) is 0 Å². The number of benzene rings is 1. The van der Waals surface area contributed by atoms with Gasteiger partial charge in [-0.15, -0.1) is 22.7 Å². The van der Waals surface area contributed by atoms with Crippen LogP contribution in [0.25, 0.3) is 9.88 Å². The monoisotopic (exact) mass is 437 g/mol. The van der Waals surface area contributed by atoms with Gasteiger partial charge >= 0.3 is 0 Å². The third kappa shape index (κ3) is 3.71. The topological polar surface area (TPSA) is 53.5 Å². The fraction of sp³-hybridized carbons (Fsp3) is 0.316. The van der Waals surface area contributed by atoms with E-state index < -0.39 is 10.0 Å². The van der Waals surface area contributed by atoms with Gasteiger partial charge in [-0.25, -0.2) is 17.8 Å². The number of rotatable bonds is 4. The molecule has 1 aromatic carbocycles. The number of aryl methyl sites for hydroxylation is 2. The average Bonchev–Trinajstić information content (AvgIpc) is 3.28. The maximum absolute atomic E-state index is 13.2. The highest BCUT2D eigenvalue weighted by Crippen LogP contribution is 2.36. The molecule has 0 N–H and O–H groups in total. The zero-order valence-corrected chi connectivity index (χ0v) is 18.0. The normalized spacial score (nSPS) is 15.9. The highest BCUT2D eigenvalue weighted by atomic mass is 32.2. The smallest absolute Gasteiger partial charge is 0.244 e. The number of aromatic nitrogens is 1. The molecule has 148 valence electrons. The molecule has 9 heteroatoms. The summed E-state index contributed by atoms with van der Waals surface area (Å²) in [5.74, 6) is -0.274. The lowest BCUT2D eigenvalue weighted by Crippen LogP contribution is -2.48. The molecule has 0 atom stereocenters. The van der Waals surface area contributed by atoms with Crippen molar-refractivity contribution in [3.63, 3.8) is 0 Å². The van der Waals surface area contributed by atoms with Crippen LogP contribution < -0.4 is 4.90 Å². The summed E-state index contributed by atoms with van der Waals surface area (Å²) in [6, 6.07) is 8.06. The van der Waals surface area contributed by atoms with Crippen molar-refractivity contribution in [1.29, 1.82) is 0 Å². The van der Waals surface area contributed by atoms with Gasteiger partial charge in [-0.3, -0.25) is 0 Å². The van der Waals surface area contributed by atoms with Crippen LogP contribution in [0.15, 0.2) is 40.6 Å². The summed E-state index contributed by atoms with van der Waals surface area (Å²) < 4.78 is 41.0. The molecule has 4 rings (SSSR count). The van der Waals surface area contributed by atoms with Gasteiger partial charge in [0.2, 0.25) is 10.0 Å². The van der Waals surface area contributed by atoms with E-state index in [4.69, 9.17) is 0 Å². The van der Waals surface area contributed by atoms with Crippen LogP contribution in [0.5, 0.6) is 0 Å². The molecule has 1 saturated heterocycles. The first-order valence-corrected chi connectivity index (χ1v) is 12.0. The Hall–Kier alpha value is -1.81. The van der Waals surface area contributed by atoms with Crippen molar-refractivity contribution in [2.75, 3.05) is 31.1 Å². The van der Waals surface area contributed by atoms with E-state index in [9.17, 15) is 12.8 Å². The van der Waals surface area contributed by atoms with Crippen molar-refractivity contribution >= 4 is 38.4 Å². The largest absolute Gasteiger partial charge is 0.369 e. The van der Waals surface area contributed by atoms with E-state index in [0.29, 0.717) is 31.1 Å². The Morgan fingerprint density at radius 1 is 1.07 bits per heavy atom. The third-order valence-corrected chi connectivity index (χ3v) is 9.08. The first kappa shape index (κ1) is 19.5. The lowest BCUT2D eigenvalue weighted by atomic mass is 10.2. The molecule has 0 bridgehead atoms. The SMILES string of the molecule is Cc1csc(-c2cc(S(=O)(=O)N3CCN(c4ccc(F)cc4)CC3)c(C)s2)n1. The van der Waals surface area contributed by atoms with E-state index in [2.05, 4.69) is 9.88 Å². The lowest BCUT2D eigenvalue weighted by molar-refractivity contribution is 0.385. The summed E-state index contributed by atoms with van der Waals surface area (Å²) in [6.07, 6.45) is 0. The number of thiophene rings is 1. The van der Waals surface area contributed by atoms with E-state index in [1.54, 1.807) is 22.5 Å². The van der Waals surface area contributed by atoms with Gasteiger partial charge in [0.05, 0.1) is 9.77 Å². The minimum absolute atomic E-state index is 0.274. The number of anilines is 1. The van der Waals surface area contributed by atoms with E-state index >= 15 is 0 Å². The fourth-order valence-electron chi connectivity index (χ4n) is 3.27. The molecule has 0 aliphatic carbocycles. The van der Waals surface area contributed by atoms with Gasteiger partial charge in [0.15, 0.2) is 0 Å². The van der Waals surface area contributed by atoms with Crippen LogP contribution in [0.2, 0.25) is 0 Å². The van der Waals surface area contributed by atoms with Gasteiger partial charge in [-0.1, -0.05) is 0 Å². The van der Waals surface area contributed by atoms with Gasteiger partial charge in [-0.05, 0) is 44.2 Å². The molecule has 3 aromatic rings. The first-order chi connectivity index (χ1) is 13.3. The Morgan fingerprint density at radius 3 is 2.36 bits per heavy atom. The van der Waals surface area contributed by atoms with Gasteiger partial charge in [0, 0.05) is 47.8 Å². The van der Waals surface area contributed by atoms with Crippen LogP contribution in [-0.2, 0) is 10.0 Å². The van der Waals surface area contributed by atoms with Gasteiger partial charge in [0.1, 0.15) is 10.8 Å². The van der Waals surface area contributed by atoms with Crippen LogP contribution in [0.1, 0.15) is 10.6 Å². The number of piperazine rings is 1. The third-order valence-electron chi connectivity index (χ3n) is 4.75. The lowest BCUT2D eigenvalue weighted by Gasteiger charge is -2.35. The van der Waals surface area contributed by atoms with Gasteiger partial charge in [0.25, 0.3) is 0 Å². The van der Waals surface area contributed by atoms with E-state index in [1.165, 1.54) is 34.8 Å². The van der Waals surface area contributed by atoms with Gasteiger partial charge < -0.3 is 4.90 Å². The Balaban J connectivity index is 1.52. The number of halogens is 1. The summed E-state index contributed by atoms with van der Waals surface area (Å²) in [4.78, 5) is 8.59. The molecule has 0 radical (unpaired) electrons. The molecule has 3 heterocycles. The second kappa shape index (κ2) is 7.55. The number of thiazole rings is 1. The summed E-state index contributed by atoms with van der Waals surface area (Å²) in [6.45, 7) is 5.73. The molecule has 1 aliphatic rings. The second-order valence-corrected chi connectivity index (χ2v) is 10.7. The maximum Gasteiger partial charge on any atom is 0.244 e. The Kier molecular flexibility index (Phi) is 5.26. The summed E-state index contributed by atoms with van der Waals surface area (Å²) in [7, 11) is -3.55. The van der Waals surface area contributed by atoms with Crippen molar-refractivity contribution in [3.8, 4) is 9.88 Å². The molecule has 1 fully saturated rings. The summed E-state index contributed by atoms with van der Waals surface area (Å²) in [5.41, 5.74) is 1.85. The Labute approximate surface area is 172 Å². The standard InChI is InChI=1S/C19H20FN3O2S3/c1-13-12-26-19(21-13)17-11-18(14(2)27-17)28(24,25)23-9-7-22(8-10-23)16-5-3-15(20)4-6-16/h3-6,11-12H,7-10H2,1-2H3. The molecule has 2 aromatic heterocycles. The molecule has 0 spiro atoms. The number of sulfonamides is 1. The zero-order chi connectivity index (χ0) is 19.9. The van der Waals surface area contributed by atoms with Crippen molar-refractivity contribution < 1.29 is 12.8 Å². The first-order valence-electron chi connectivity index (χ1n) is 8.88. The summed E-state index contributed by atoms with van der Waals surface area (Å²) >= 11 is 2.99. The van der Waals surface area contributed by atoms with E-state index in [-0.39, 0.29) is 5.82 Å². The number of hydrogen-bond acceptors (Lipinski definition) is 6. The Morgan fingerprint density at radius 2 is 1.75 bits per heavy atom. The van der Waals surface area contributed by atoms with Crippen LogP contribution >= 0.6 is 22.7 Å². The van der Waals surface area contributed by atoms with Crippen molar-refractivity contribution in [2.24, 2.45) is 0 Å². The van der Waals surface area contributed by atoms with Crippen molar-refractivity contribution in [2.45, 2.75) is 18.7 Å². The molecule has 5 nitrogen and oxygen atoms in total. The minimum Gasteiger partial charge on any atom is -0.369 e. The predicted octanol–water partition coefficient (Wildman–Crippen LogP) is 4.14. The highest BCUT2D eigenvalue weighted by molar-refractivity contribution is 7.89. The molecule has 0 unspecified atom stereocenters. The quantitative estimate of drug-likeness (QED) is 0.616. The van der Waals surface area contributed by atoms with Crippen LogP contribution in [0, 0.1) is 19.7 Å². The maximum atomic E-state index is 13.2. The van der Waals surface area contributed by atoms with Crippen molar-refractivity contribution in [3.05, 3.63) is 52.1 Å². The number of nitrogens with zero attached hydrogens (tertiary/aromatic N) is 3. The number of hydrogen-bond donors (Lipinski definition) is 0. The average molecular weight is 438 g/mol. The molecule has 1 aliphatic heterocycles. The van der Waals surface area contributed by atoms with Gasteiger partial charge in [-0.2, -0.15) is 4.31 Å². The Bertz CT molecular complexity index is 1080. The molecule has 28 heavy (non-hydrogen) atoms. The van der Waals surface area contributed by atoms with Crippen molar-refractivity contribution in [1.82, 2.24) is 9.29 Å². The fourth-order valence-corrected chi connectivity index (χ4v) is 7.11. The molecule has 0 saturated carbocycles. The molecule has 0 amide bonds. The zero-order valence-electron chi connectivity index (χ0n) is 15.6. The van der Waals surface area contributed by atoms with E-state index in [0.717, 1.165) is 26.1 Å². The van der Waals surface area contributed by atoms with Crippen LogP contribution in [-0.4, -0.2) is 43.9 Å². The van der Waals surface area contributed by atoms with E-state index in [1.807, 2.05) is 19.2 Å². The predicted molar refractivity (Wildman–Crippen MR) is 112 cm³/mol. The highest BCUT2D eigenvalue weighted by Gasteiger charge is 2.31.